The summed E-state index contributed by atoms with van der Waals surface area (Å²) in [7, 11) is -0.513. The zero-order valence-electron chi connectivity index (χ0n) is 14.0. The zero-order chi connectivity index (χ0) is 17.7. The molecule has 1 spiro atoms. The molecule has 8 heteroatoms. The Hall–Kier alpha value is -1.93. The van der Waals surface area contributed by atoms with E-state index < -0.39 is 15.6 Å². The Labute approximate surface area is 141 Å². The standard InChI is InChI=1S/C16H21N3O4S/c1-12-4-6-13(7-5-12)24(22,23)19-10-8-16(9-11-19)14(20)17(2)15(21)18(16)3/h4-7H,8-11H2,1-3H3. The number of rotatable bonds is 2. The van der Waals surface area contributed by atoms with Crippen molar-refractivity contribution in [3.05, 3.63) is 29.8 Å². The molecule has 2 aliphatic rings. The van der Waals surface area contributed by atoms with Gasteiger partial charge in [0.1, 0.15) is 5.54 Å². The van der Waals surface area contributed by atoms with Crippen LogP contribution in [0.2, 0.25) is 0 Å². The van der Waals surface area contributed by atoms with Gasteiger partial charge in [0, 0.05) is 27.2 Å². The molecule has 24 heavy (non-hydrogen) atoms. The molecule has 2 aliphatic heterocycles. The molecule has 7 nitrogen and oxygen atoms in total. The summed E-state index contributed by atoms with van der Waals surface area (Å²) < 4.78 is 26.9. The second-order valence-corrected chi connectivity index (χ2v) is 8.39. The number of carbonyl (C=O) groups is 2. The SMILES string of the molecule is Cc1ccc(S(=O)(=O)N2CCC3(CC2)C(=O)N(C)C(=O)N3C)cc1. The summed E-state index contributed by atoms with van der Waals surface area (Å²) in [4.78, 5) is 27.3. The summed E-state index contributed by atoms with van der Waals surface area (Å²) in [6.07, 6.45) is 0.618. The number of piperidine rings is 1. The molecule has 0 atom stereocenters. The minimum atomic E-state index is -3.58. The van der Waals surface area contributed by atoms with Gasteiger partial charge in [-0.3, -0.25) is 9.69 Å². The predicted molar refractivity (Wildman–Crippen MR) is 87.8 cm³/mol. The monoisotopic (exact) mass is 351 g/mol. The van der Waals surface area contributed by atoms with E-state index in [-0.39, 0.29) is 29.9 Å². The van der Waals surface area contributed by atoms with E-state index in [0.29, 0.717) is 12.8 Å². The second kappa shape index (κ2) is 5.56. The van der Waals surface area contributed by atoms with Crippen LogP contribution in [-0.4, -0.2) is 67.2 Å². The highest BCUT2D eigenvalue weighted by atomic mass is 32.2. The summed E-state index contributed by atoms with van der Waals surface area (Å²) in [5.41, 5.74) is 0.0803. The van der Waals surface area contributed by atoms with Crippen molar-refractivity contribution in [2.75, 3.05) is 27.2 Å². The topological polar surface area (TPSA) is 78.0 Å². The molecule has 1 aromatic rings. The average Bonchev–Trinajstić information content (AvgIpc) is 2.72. The summed E-state index contributed by atoms with van der Waals surface area (Å²) in [6.45, 7) is 2.33. The smallest absolute Gasteiger partial charge is 0.312 e. The molecule has 0 bridgehead atoms. The summed E-state index contributed by atoms with van der Waals surface area (Å²) >= 11 is 0. The number of nitrogens with zero attached hydrogens (tertiary/aromatic N) is 3. The molecule has 0 radical (unpaired) electrons. The summed E-state index contributed by atoms with van der Waals surface area (Å²) in [6, 6.07) is 6.38. The second-order valence-electron chi connectivity index (χ2n) is 6.45. The summed E-state index contributed by atoms with van der Waals surface area (Å²) in [5, 5.41) is 0. The van der Waals surface area contributed by atoms with E-state index in [1.807, 2.05) is 6.92 Å². The maximum absolute atomic E-state index is 12.7. The van der Waals surface area contributed by atoms with Gasteiger partial charge in [0.25, 0.3) is 5.91 Å². The number of carbonyl (C=O) groups excluding carboxylic acids is 2. The van der Waals surface area contributed by atoms with Crippen LogP contribution in [0, 0.1) is 6.92 Å². The largest absolute Gasteiger partial charge is 0.327 e. The van der Waals surface area contributed by atoms with Crippen LogP contribution in [0.5, 0.6) is 0 Å². The first kappa shape index (κ1) is 16.9. The van der Waals surface area contributed by atoms with Gasteiger partial charge in [-0.05, 0) is 31.9 Å². The van der Waals surface area contributed by atoms with Gasteiger partial charge in [-0.15, -0.1) is 0 Å². The van der Waals surface area contributed by atoms with E-state index in [2.05, 4.69) is 0 Å². The Morgan fingerprint density at radius 1 is 1.00 bits per heavy atom. The van der Waals surface area contributed by atoms with Crippen molar-refractivity contribution in [2.24, 2.45) is 0 Å². The quantitative estimate of drug-likeness (QED) is 0.746. The maximum Gasteiger partial charge on any atom is 0.327 e. The van der Waals surface area contributed by atoms with Gasteiger partial charge >= 0.3 is 6.03 Å². The van der Waals surface area contributed by atoms with Crippen LogP contribution in [0.1, 0.15) is 18.4 Å². The summed E-state index contributed by atoms with van der Waals surface area (Å²) in [5.74, 6) is -0.248. The molecule has 2 heterocycles. The third-order valence-corrected chi connectivity index (χ3v) is 7.04. The van der Waals surface area contributed by atoms with Crippen molar-refractivity contribution in [3.63, 3.8) is 0 Å². The van der Waals surface area contributed by atoms with Crippen molar-refractivity contribution >= 4 is 22.0 Å². The molecular formula is C16H21N3O4S. The minimum Gasteiger partial charge on any atom is -0.312 e. The van der Waals surface area contributed by atoms with E-state index in [1.54, 1.807) is 31.3 Å². The maximum atomic E-state index is 12.7. The van der Waals surface area contributed by atoms with E-state index in [4.69, 9.17) is 0 Å². The van der Waals surface area contributed by atoms with Gasteiger partial charge in [0.2, 0.25) is 10.0 Å². The molecule has 0 saturated carbocycles. The molecule has 3 amide bonds. The number of aryl methyl sites for hydroxylation is 1. The molecule has 1 aromatic carbocycles. The lowest BCUT2D eigenvalue weighted by Crippen LogP contribution is -2.56. The number of likely N-dealkylation sites (N-methyl/N-ethyl adjacent to an activating group) is 2. The van der Waals surface area contributed by atoms with Crippen molar-refractivity contribution in [1.29, 1.82) is 0 Å². The molecule has 0 aliphatic carbocycles. The highest BCUT2D eigenvalue weighted by Crippen LogP contribution is 2.36. The van der Waals surface area contributed by atoms with E-state index in [9.17, 15) is 18.0 Å². The lowest BCUT2D eigenvalue weighted by molar-refractivity contribution is -0.133. The number of hydrogen-bond acceptors (Lipinski definition) is 4. The highest BCUT2D eigenvalue weighted by Gasteiger charge is 2.56. The molecular weight excluding hydrogens is 330 g/mol. The third-order valence-electron chi connectivity index (χ3n) is 5.13. The van der Waals surface area contributed by atoms with Crippen LogP contribution in [0.3, 0.4) is 0 Å². The molecule has 0 aromatic heterocycles. The highest BCUT2D eigenvalue weighted by molar-refractivity contribution is 7.89. The van der Waals surface area contributed by atoms with Gasteiger partial charge in [-0.25, -0.2) is 13.2 Å². The predicted octanol–water partition coefficient (Wildman–Crippen LogP) is 1.04. The van der Waals surface area contributed by atoms with Crippen LogP contribution in [0.4, 0.5) is 4.79 Å². The van der Waals surface area contributed by atoms with E-state index in [0.717, 1.165) is 10.5 Å². The molecule has 0 N–H and O–H groups in total. The van der Waals surface area contributed by atoms with Gasteiger partial charge in [0.15, 0.2) is 0 Å². The van der Waals surface area contributed by atoms with Crippen LogP contribution in [0.15, 0.2) is 29.2 Å². The fourth-order valence-electron chi connectivity index (χ4n) is 3.46. The molecule has 0 unspecified atom stereocenters. The first-order chi connectivity index (χ1) is 11.2. The number of urea groups is 1. The fourth-order valence-corrected chi connectivity index (χ4v) is 4.90. The van der Waals surface area contributed by atoms with Crippen molar-refractivity contribution in [2.45, 2.75) is 30.2 Å². The number of sulfonamides is 1. The number of hydrogen-bond donors (Lipinski definition) is 0. The first-order valence-electron chi connectivity index (χ1n) is 7.83. The lowest BCUT2D eigenvalue weighted by Gasteiger charge is -2.40. The van der Waals surface area contributed by atoms with Gasteiger partial charge in [-0.2, -0.15) is 4.31 Å². The van der Waals surface area contributed by atoms with E-state index in [1.165, 1.54) is 16.3 Å². The average molecular weight is 351 g/mol. The van der Waals surface area contributed by atoms with Crippen LogP contribution in [0.25, 0.3) is 0 Å². The molecule has 130 valence electrons. The van der Waals surface area contributed by atoms with Crippen LogP contribution < -0.4 is 0 Å². The van der Waals surface area contributed by atoms with Gasteiger partial charge < -0.3 is 4.90 Å². The van der Waals surface area contributed by atoms with Crippen molar-refractivity contribution < 1.29 is 18.0 Å². The number of imide groups is 1. The Kier molecular flexibility index (Phi) is 3.92. The van der Waals surface area contributed by atoms with Gasteiger partial charge in [-0.1, -0.05) is 17.7 Å². The third kappa shape index (κ3) is 2.32. The minimum absolute atomic E-state index is 0.216. The fraction of sp³-hybridized carbons (Fsp3) is 0.500. The number of amides is 3. The van der Waals surface area contributed by atoms with Crippen LogP contribution >= 0.6 is 0 Å². The molecule has 2 fully saturated rings. The Bertz CT molecular complexity index is 780. The normalized spacial score (nSPS) is 21.8. The number of benzene rings is 1. The first-order valence-corrected chi connectivity index (χ1v) is 9.27. The van der Waals surface area contributed by atoms with Crippen LogP contribution in [-0.2, 0) is 14.8 Å². The Balaban J connectivity index is 1.81. The lowest BCUT2D eigenvalue weighted by atomic mass is 9.87. The van der Waals surface area contributed by atoms with Crippen molar-refractivity contribution in [3.8, 4) is 0 Å². The molecule has 2 saturated heterocycles. The van der Waals surface area contributed by atoms with E-state index >= 15 is 0 Å². The van der Waals surface area contributed by atoms with Crippen molar-refractivity contribution in [1.82, 2.24) is 14.1 Å². The Morgan fingerprint density at radius 3 is 2.00 bits per heavy atom. The Morgan fingerprint density at radius 2 is 1.54 bits per heavy atom. The molecule has 3 rings (SSSR count). The van der Waals surface area contributed by atoms with Gasteiger partial charge in [0.05, 0.1) is 4.90 Å². The zero-order valence-corrected chi connectivity index (χ0v) is 14.8.